The second-order valence-corrected chi connectivity index (χ2v) is 8.65. The van der Waals surface area contributed by atoms with Crippen molar-refractivity contribution in [3.05, 3.63) is 59.0 Å². The van der Waals surface area contributed by atoms with Crippen LogP contribution in [0.2, 0.25) is 0 Å². The number of pyridine rings is 1. The number of methoxy groups -OCH3 is 2. The van der Waals surface area contributed by atoms with Crippen LogP contribution in [0.3, 0.4) is 0 Å². The lowest BCUT2D eigenvalue weighted by atomic mass is 9.90. The number of halogens is 3. The topological polar surface area (TPSA) is 105 Å². The Morgan fingerprint density at radius 1 is 1.08 bits per heavy atom. The van der Waals surface area contributed by atoms with Crippen LogP contribution >= 0.6 is 0 Å². The number of carbonyl (C=O) groups is 2. The number of rotatable bonds is 10. The number of hydrogen-bond donors (Lipinski definition) is 1. The third-order valence-electron chi connectivity index (χ3n) is 6.23. The van der Waals surface area contributed by atoms with E-state index < -0.39 is 18.1 Å². The van der Waals surface area contributed by atoms with Gasteiger partial charge in [0.05, 0.1) is 19.9 Å². The maximum absolute atomic E-state index is 12.7. The standard InChI is InChI=1S/C26H27F3N4O5/c1-36-20-7-4-16(14-21(20)37-2)8-11-30-10-3-13-33-23(24(34)38-25(35)26(27,28)29)19-6-5-17-15-31-12-9-18(17)22(19)32-33/h4,7,9,12,14-15,30H,3,5-6,8,10-11,13H2,1-2H3. The zero-order chi connectivity index (χ0) is 27.3. The molecular formula is C26H27F3N4O5. The molecule has 1 aliphatic carbocycles. The van der Waals surface area contributed by atoms with Crippen molar-refractivity contribution in [1.29, 1.82) is 0 Å². The Kier molecular flexibility index (Phi) is 8.30. The molecule has 4 rings (SSSR count). The van der Waals surface area contributed by atoms with Gasteiger partial charge in [0, 0.05) is 30.1 Å². The Morgan fingerprint density at radius 3 is 2.61 bits per heavy atom. The summed E-state index contributed by atoms with van der Waals surface area (Å²) in [7, 11) is 3.15. The largest absolute Gasteiger partial charge is 0.493 e. The molecule has 0 aliphatic heterocycles. The fraction of sp³-hybridized carbons (Fsp3) is 0.385. The number of fused-ring (bicyclic) bond motifs is 3. The highest BCUT2D eigenvalue weighted by Gasteiger charge is 2.43. The Labute approximate surface area is 216 Å². The average Bonchev–Trinajstić information content (AvgIpc) is 3.28. The average molecular weight is 533 g/mol. The van der Waals surface area contributed by atoms with Crippen molar-refractivity contribution < 1.29 is 37.0 Å². The molecule has 1 N–H and O–H groups in total. The zero-order valence-electron chi connectivity index (χ0n) is 20.9. The Balaban J connectivity index is 1.42. The van der Waals surface area contributed by atoms with E-state index in [1.807, 2.05) is 18.2 Å². The van der Waals surface area contributed by atoms with E-state index in [1.54, 1.807) is 32.7 Å². The monoisotopic (exact) mass is 532 g/mol. The van der Waals surface area contributed by atoms with Gasteiger partial charge in [-0.2, -0.15) is 18.3 Å². The molecule has 0 spiro atoms. The summed E-state index contributed by atoms with van der Waals surface area (Å²) in [6.07, 6.45) is 0.165. The van der Waals surface area contributed by atoms with Crippen LogP contribution in [0, 0.1) is 0 Å². The molecule has 2 heterocycles. The first-order chi connectivity index (χ1) is 18.2. The van der Waals surface area contributed by atoms with Gasteiger partial charge >= 0.3 is 18.1 Å². The number of aryl methyl sites for hydroxylation is 2. The summed E-state index contributed by atoms with van der Waals surface area (Å²) in [5, 5.41) is 7.83. The lowest BCUT2D eigenvalue weighted by molar-refractivity contribution is -0.193. The first-order valence-corrected chi connectivity index (χ1v) is 12.0. The van der Waals surface area contributed by atoms with E-state index in [4.69, 9.17) is 9.47 Å². The van der Waals surface area contributed by atoms with Crippen LogP contribution in [0.5, 0.6) is 11.5 Å². The maximum atomic E-state index is 12.7. The molecule has 3 aromatic rings. The van der Waals surface area contributed by atoms with Gasteiger partial charge in [0.25, 0.3) is 0 Å². The van der Waals surface area contributed by atoms with Crippen molar-refractivity contribution in [3.8, 4) is 22.8 Å². The Bertz CT molecular complexity index is 1320. The highest BCUT2D eigenvalue weighted by molar-refractivity contribution is 5.99. The summed E-state index contributed by atoms with van der Waals surface area (Å²) in [5.74, 6) is -2.62. The summed E-state index contributed by atoms with van der Waals surface area (Å²) in [6.45, 7) is 1.47. The molecule has 1 aromatic carbocycles. The zero-order valence-corrected chi connectivity index (χ0v) is 20.9. The van der Waals surface area contributed by atoms with Gasteiger partial charge in [0.2, 0.25) is 0 Å². The third kappa shape index (κ3) is 5.96. The summed E-state index contributed by atoms with van der Waals surface area (Å²) in [4.78, 5) is 28.2. The molecule has 1 aliphatic rings. The highest BCUT2D eigenvalue weighted by Crippen LogP contribution is 2.35. The number of carbonyl (C=O) groups excluding carboxylic acids is 2. The quantitative estimate of drug-likeness (QED) is 0.240. The molecule has 0 atom stereocenters. The van der Waals surface area contributed by atoms with Gasteiger partial charge in [0.1, 0.15) is 0 Å². The summed E-state index contributed by atoms with van der Waals surface area (Å²) in [5.41, 5.74) is 3.55. The van der Waals surface area contributed by atoms with Gasteiger partial charge in [-0.05, 0) is 68.1 Å². The molecule has 0 saturated heterocycles. The molecule has 38 heavy (non-hydrogen) atoms. The van der Waals surface area contributed by atoms with Crippen LogP contribution in [0.4, 0.5) is 13.2 Å². The number of aromatic nitrogens is 3. The minimum Gasteiger partial charge on any atom is -0.493 e. The van der Waals surface area contributed by atoms with Crippen molar-refractivity contribution in [2.45, 2.75) is 38.4 Å². The molecule has 0 unspecified atom stereocenters. The predicted octanol–water partition coefficient (Wildman–Crippen LogP) is 3.53. The Hall–Kier alpha value is -3.93. The lowest BCUT2D eigenvalue weighted by Gasteiger charge is -2.15. The van der Waals surface area contributed by atoms with Gasteiger partial charge in [-0.25, -0.2) is 9.59 Å². The fourth-order valence-electron chi connectivity index (χ4n) is 4.40. The molecule has 0 radical (unpaired) electrons. The van der Waals surface area contributed by atoms with Crippen molar-refractivity contribution >= 4 is 11.9 Å². The van der Waals surface area contributed by atoms with Gasteiger partial charge in [-0.15, -0.1) is 0 Å². The number of esters is 2. The van der Waals surface area contributed by atoms with Crippen LogP contribution < -0.4 is 14.8 Å². The van der Waals surface area contributed by atoms with E-state index in [-0.39, 0.29) is 12.2 Å². The molecule has 2 aromatic heterocycles. The number of benzene rings is 1. The third-order valence-corrected chi connectivity index (χ3v) is 6.23. The predicted molar refractivity (Wildman–Crippen MR) is 130 cm³/mol. The van der Waals surface area contributed by atoms with Crippen LogP contribution in [-0.4, -0.2) is 60.2 Å². The van der Waals surface area contributed by atoms with E-state index in [2.05, 4.69) is 20.1 Å². The van der Waals surface area contributed by atoms with Crippen LogP contribution in [0.15, 0.2) is 36.7 Å². The van der Waals surface area contributed by atoms with Gasteiger partial charge < -0.3 is 19.5 Å². The second-order valence-electron chi connectivity index (χ2n) is 8.65. The fourth-order valence-corrected chi connectivity index (χ4v) is 4.40. The molecule has 0 bridgehead atoms. The summed E-state index contributed by atoms with van der Waals surface area (Å²) in [6, 6.07) is 7.44. The van der Waals surface area contributed by atoms with Gasteiger partial charge in [0.15, 0.2) is 17.2 Å². The molecule has 0 saturated carbocycles. The second kappa shape index (κ2) is 11.6. The van der Waals surface area contributed by atoms with E-state index in [0.717, 1.165) is 23.1 Å². The molecule has 0 fully saturated rings. The first-order valence-electron chi connectivity index (χ1n) is 12.0. The molecule has 12 heteroatoms. The summed E-state index contributed by atoms with van der Waals surface area (Å²) >= 11 is 0. The number of alkyl halides is 3. The normalized spacial score (nSPS) is 12.4. The number of nitrogens with zero attached hydrogens (tertiary/aromatic N) is 3. The highest BCUT2D eigenvalue weighted by atomic mass is 19.4. The van der Waals surface area contributed by atoms with Crippen LogP contribution in [0.1, 0.15) is 33.6 Å². The van der Waals surface area contributed by atoms with E-state index in [1.165, 1.54) is 4.68 Å². The number of hydrogen-bond acceptors (Lipinski definition) is 8. The van der Waals surface area contributed by atoms with Crippen molar-refractivity contribution in [3.63, 3.8) is 0 Å². The smallest absolute Gasteiger partial charge is 0.491 e. The lowest BCUT2D eigenvalue weighted by Crippen LogP contribution is -2.29. The number of ether oxygens (including phenoxy) is 3. The first kappa shape index (κ1) is 27.1. The van der Waals surface area contributed by atoms with Crippen LogP contribution in [0.25, 0.3) is 11.3 Å². The molecule has 9 nitrogen and oxygen atoms in total. The molecular weight excluding hydrogens is 505 g/mol. The summed E-state index contributed by atoms with van der Waals surface area (Å²) < 4.78 is 54.3. The minimum atomic E-state index is -5.28. The van der Waals surface area contributed by atoms with Crippen LogP contribution in [-0.2, 0) is 35.3 Å². The molecule has 0 amide bonds. The van der Waals surface area contributed by atoms with E-state index in [0.29, 0.717) is 55.1 Å². The number of nitrogens with one attached hydrogen (secondary N) is 1. The minimum absolute atomic E-state index is 0.134. The van der Waals surface area contributed by atoms with E-state index >= 15 is 0 Å². The van der Waals surface area contributed by atoms with Gasteiger partial charge in [-0.3, -0.25) is 9.67 Å². The van der Waals surface area contributed by atoms with Crippen molar-refractivity contribution in [2.75, 3.05) is 27.3 Å². The SMILES string of the molecule is COc1ccc(CCNCCCn2nc3c(c2C(=O)OC(=O)C(F)(F)F)CCc2cnccc2-3)cc1OC. The van der Waals surface area contributed by atoms with Gasteiger partial charge in [-0.1, -0.05) is 6.07 Å². The Morgan fingerprint density at radius 2 is 1.87 bits per heavy atom. The maximum Gasteiger partial charge on any atom is 0.491 e. The van der Waals surface area contributed by atoms with Crippen molar-refractivity contribution in [1.82, 2.24) is 20.1 Å². The van der Waals surface area contributed by atoms with E-state index in [9.17, 15) is 22.8 Å². The van der Waals surface area contributed by atoms with Crippen molar-refractivity contribution in [2.24, 2.45) is 0 Å². The molecule has 202 valence electrons.